The quantitative estimate of drug-likeness (QED) is 0.891. The van der Waals surface area contributed by atoms with E-state index < -0.39 is 6.61 Å². The molecule has 116 valence electrons. The molecular weight excluding hydrogens is 288 g/mol. The largest absolute Gasteiger partial charge is 0.435 e. The smallest absolute Gasteiger partial charge is 0.387 e. The Morgan fingerprint density at radius 3 is 2.32 bits per heavy atom. The molecule has 0 radical (unpaired) electrons. The molecule has 0 spiro atoms. The first-order chi connectivity index (χ1) is 10.7. The van der Waals surface area contributed by atoms with E-state index in [0.717, 1.165) is 29.8 Å². The van der Waals surface area contributed by atoms with E-state index in [0.29, 0.717) is 12.5 Å². The van der Waals surface area contributed by atoms with Gasteiger partial charge < -0.3 is 10.5 Å². The summed E-state index contributed by atoms with van der Waals surface area (Å²) >= 11 is 0. The molecule has 0 bridgehead atoms. The Kier molecular flexibility index (Phi) is 4.29. The number of hydrogen-bond acceptors (Lipinski definition) is 4. The van der Waals surface area contributed by atoms with Gasteiger partial charge in [0.15, 0.2) is 0 Å². The van der Waals surface area contributed by atoms with E-state index >= 15 is 0 Å². The lowest BCUT2D eigenvalue weighted by molar-refractivity contribution is -0.0498. The number of alkyl halides is 2. The third-order valence-corrected chi connectivity index (χ3v) is 3.83. The van der Waals surface area contributed by atoms with E-state index in [1.54, 1.807) is 12.1 Å². The van der Waals surface area contributed by atoms with Crippen LogP contribution in [0.2, 0.25) is 0 Å². The van der Waals surface area contributed by atoms with Crippen molar-refractivity contribution >= 4 is 0 Å². The monoisotopic (exact) mass is 305 g/mol. The molecule has 0 aliphatic heterocycles. The number of ether oxygens (including phenoxy) is 1. The Hall–Kier alpha value is -2.08. The zero-order chi connectivity index (χ0) is 15.5. The van der Waals surface area contributed by atoms with E-state index in [4.69, 9.17) is 5.73 Å². The molecule has 1 aromatic carbocycles. The lowest BCUT2D eigenvalue weighted by Gasteiger charge is -2.16. The summed E-state index contributed by atoms with van der Waals surface area (Å²) in [4.78, 5) is 0. The summed E-state index contributed by atoms with van der Waals surface area (Å²) in [5, 5.41) is 8.39. The Morgan fingerprint density at radius 2 is 1.82 bits per heavy atom. The lowest BCUT2D eigenvalue weighted by Crippen LogP contribution is -2.09. The van der Waals surface area contributed by atoms with Gasteiger partial charge in [0.1, 0.15) is 5.75 Å². The number of benzene rings is 1. The van der Waals surface area contributed by atoms with Crippen LogP contribution in [0.4, 0.5) is 8.78 Å². The van der Waals surface area contributed by atoms with Crippen molar-refractivity contribution in [1.82, 2.24) is 10.2 Å². The first kappa shape index (κ1) is 14.8. The van der Waals surface area contributed by atoms with Crippen molar-refractivity contribution in [1.29, 1.82) is 0 Å². The van der Waals surface area contributed by atoms with Gasteiger partial charge in [-0.15, -0.1) is 0 Å². The molecular formula is C16H17F2N3O. The van der Waals surface area contributed by atoms with E-state index in [1.165, 1.54) is 0 Å². The van der Waals surface area contributed by atoms with Crippen molar-refractivity contribution in [3.63, 3.8) is 0 Å². The van der Waals surface area contributed by atoms with Gasteiger partial charge >= 0.3 is 6.61 Å². The minimum atomic E-state index is -2.81. The second-order valence-corrected chi connectivity index (χ2v) is 5.42. The molecule has 6 heteroatoms. The second-order valence-electron chi connectivity index (χ2n) is 5.42. The van der Waals surface area contributed by atoms with Gasteiger partial charge in [0, 0.05) is 12.5 Å². The summed E-state index contributed by atoms with van der Waals surface area (Å²) in [5.41, 5.74) is 8.22. The van der Waals surface area contributed by atoms with Crippen LogP contribution < -0.4 is 10.5 Å². The summed E-state index contributed by atoms with van der Waals surface area (Å²) in [7, 11) is 0. The van der Waals surface area contributed by atoms with E-state index in [1.807, 2.05) is 24.3 Å². The summed E-state index contributed by atoms with van der Waals surface area (Å²) in [6.45, 7) is -2.44. The molecule has 1 aliphatic rings. The maximum absolute atomic E-state index is 12.2. The van der Waals surface area contributed by atoms with Crippen molar-refractivity contribution in [2.75, 3.05) is 0 Å². The molecule has 2 N–H and O–H groups in total. The van der Waals surface area contributed by atoms with Crippen molar-refractivity contribution < 1.29 is 13.5 Å². The fourth-order valence-corrected chi connectivity index (χ4v) is 2.62. The zero-order valence-electron chi connectivity index (χ0n) is 12.0. The maximum Gasteiger partial charge on any atom is 0.387 e. The highest BCUT2D eigenvalue weighted by Gasteiger charge is 2.34. The van der Waals surface area contributed by atoms with Crippen LogP contribution in [0.1, 0.15) is 35.7 Å². The highest BCUT2D eigenvalue weighted by molar-refractivity contribution is 5.35. The average Bonchev–Trinajstić information content (AvgIpc) is 3.34. The fraction of sp³-hybridized carbons (Fsp3) is 0.375. The number of halogens is 2. The van der Waals surface area contributed by atoms with Crippen LogP contribution in [0, 0.1) is 5.92 Å². The van der Waals surface area contributed by atoms with Crippen molar-refractivity contribution in [3.05, 3.63) is 53.3 Å². The first-order valence-electron chi connectivity index (χ1n) is 7.24. The Morgan fingerprint density at radius 1 is 1.09 bits per heavy atom. The molecule has 3 rings (SSSR count). The number of nitrogens with two attached hydrogens (primary N) is 1. The molecule has 1 heterocycles. The van der Waals surface area contributed by atoms with Crippen LogP contribution in [-0.2, 0) is 6.54 Å². The molecule has 1 saturated carbocycles. The highest BCUT2D eigenvalue weighted by atomic mass is 19.3. The number of rotatable bonds is 6. The van der Waals surface area contributed by atoms with Crippen LogP contribution in [0.3, 0.4) is 0 Å². The van der Waals surface area contributed by atoms with E-state index in [2.05, 4.69) is 14.9 Å². The van der Waals surface area contributed by atoms with Crippen LogP contribution >= 0.6 is 0 Å². The molecule has 22 heavy (non-hydrogen) atoms. The van der Waals surface area contributed by atoms with Crippen molar-refractivity contribution in [2.24, 2.45) is 11.7 Å². The third kappa shape index (κ3) is 3.39. The summed E-state index contributed by atoms with van der Waals surface area (Å²) in [5.74, 6) is 0.831. The Labute approximate surface area is 127 Å². The number of nitrogens with zero attached hydrogens (tertiary/aromatic N) is 2. The fourth-order valence-electron chi connectivity index (χ4n) is 2.62. The third-order valence-electron chi connectivity index (χ3n) is 3.83. The van der Waals surface area contributed by atoms with Gasteiger partial charge in [-0.25, -0.2) is 0 Å². The molecule has 1 aliphatic carbocycles. The van der Waals surface area contributed by atoms with Crippen LogP contribution in [0.15, 0.2) is 36.4 Å². The summed E-state index contributed by atoms with van der Waals surface area (Å²) in [6, 6.07) is 10.6. The molecule has 1 fully saturated rings. The SMILES string of the molecule is NCc1ccc([C@@H](c2ccc(OC(F)F)cc2)C2CC2)nn1. The maximum atomic E-state index is 12.2. The molecule has 0 unspecified atom stereocenters. The first-order valence-corrected chi connectivity index (χ1v) is 7.24. The predicted molar refractivity (Wildman–Crippen MR) is 77.6 cm³/mol. The van der Waals surface area contributed by atoms with E-state index in [-0.39, 0.29) is 11.7 Å². The minimum Gasteiger partial charge on any atom is -0.435 e. The normalized spacial score (nSPS) is 15.8. The summed E-state index contributed by atoms with van der Waals surface area (Å²) in [6.07, 6.45) is 2.28. The van der Waals surface area contributed by atoms with Gasteiger partial charge in [-0.2, -0.15) is 19.0 Å². The van der Waals surface area contributed by atoms with Gasteiger partial charge in [-0.1, -0.05) is 12.1 Å². The molecule has 0 saturated heterocycles. The topological polar surface area (TPSA) is 61.0 Å². The van der Waals surface area contributed by atoms with Gasteiger partial charge in [-0.05, 0) is 48.6 Å². The standard InChI is InChI=1S/C16H17F2N3O/c17-16(18)22-13-6-3-11(4-7-13)15(10-1-2-10)14-8-5-12(9-19)20-21-14/h3-8,10,15-16H,1-2,9,19H2/t15-/m1/s1. The zero-order valence-corrected chi connectivity index (χ0v) is 12.0. The Balaban J connectivity index is 1.84. The number of aromatic nitrogens is 2. The van der Waals surface area contributed by atoms with Gasteiger partial charge in [0.25, 0.3) is 0 Å². The molecule has 1 aromatic heterocycles. The van der Waals surface area contributed by atoms with Crippen LogP contribution in [-0.4, -0.2) is 16.8 Å². The van der Waals surface area contributed by atoms with Crippen LogP contribution in [0.5, 0.6) is 5.75 Å². The molecule has 1 atom stereocenters. The molecule has 4 nitrogen and oxygen atoms in total. The predicted octanol–water partition coefficient (Wildman–Crippen LogP) is 3.08. The molecule has 2 aromatic rings. The van der Waals surface area contributed by atoms with Gasteiger partial charge in [0.2, 0.25) is 0 Å². The van der Waals surface area contributed by atoms with Crippen molar-refractivity contribution in [2.45, 2.75) is 31.9 Å². The van der Waals surface area contributed by atoms with E-state index in [9.17, 15) is 8.78 Å². The summed E-state index contributed by atoms with van der Waals surface area (Å²) < 4.78 is 28.8. The lowest BCUT2D eigenvalue weighted by atomic mass is 9.90. The minimum absolute atomic E-state index is 0.139. The highest BCUT2D eigenvalue weighted by Crippen LogP contribution is 2.45. The number of hydrogen-bond donors (Lipinski definition) is 1. The molecule has 0 amide bonds. The second kappa shape index (κ2) is 6.36. The van der Waals surface area contributed by atoms with Crippen LogP contribution in [0.25, 0.3) is 0 Å². The Bertz CT molecular complexity index is 612. The van der Waals surface area contributed by atoms with Gasteiger partial charge in [-0.3, -0.25) is 0 Å². The average molecular weight is 305 g/mol. The van der Waals surface area contributed by atoms with Crippen molar-refractivity contribution in [3.8, 4) is 5.75 Å². The van der Waals surface area contributed by atoms with Gasteiger partial charge in [0.05, 0.1) is 11.4 Å².